The molecule has 46 heavy (non-hydrogen) atoms. The summed E-state index contributed by atoms with van der Waals surface area (Å²) in [6.07, 6.45) is -10.1. The topological polar surface area (TPSA) is 320 Å². The normalized spacial score (nSPS) is 30.3. The second kappa shape index (κ2) is 12.6. The number of alkyl halides is 1. The Bertz CT molecular complexity index is 1880. The summed E-state index contributed by atoms with van der Waals surface area (Å²) in [5, 5.41) is 20.5. The average molecular weight is 692 g/mol. The third-order valence-corrected chi connectivity index (χ3v) is 8.60. The standard InChI is InChI=1S/C21H27FN10O12P2/c22-9-13(40-6-45(36)37)8(43-19(9)31-4-27-10-15(23)25-3-26-16(10)31)2-41-46(38,39)44-14-12(34)7(1-33)42-20(14)32-5-28-11-17(32)29-21(24)30-18(11)35/h3-5,7-9,12-14,19-20,33-34,45H,1-2,6H2,(H,36,37)(H,38,39)(H2,23,25,26)(H3,24,29,30,35)/t7-,8-,9+,12+,13?,14+,19-,20-/m1/s1. The maximum Gasteiger partial charge on any atom is 0.472 e. The second-order valence-corrected chi connectivity index (χ2v) is 12.6. The minimum atomic E-state index is -5.18. The van der Waals surface area contributed by atoms with Gasteiger partial charge in [0.15, 0.2) is 41.3 Å². The molecule has 250 valence electrons. The van der Waals surface area contributed by atoms with Crippen LogP contribution < -0.4 is 17.0 Å². The van der Waals surface area contributed by atoms with Crippen molar-refractivity contribution < 1.29 is 56.8 Å². The van der Waals surface area contributed by atoms with Crippen LogP contribution >= 0.6 is 15.9 Å². The van der Waals surface area contributed by atoms with E-state index in [0.29, 0.717) is 0 Å². The smallest absolute Gasteiger partial charge is 0.394 e. The molecule has 2 aliphatic heterocycles. The van der Waals surface area contributed by atoms with Crippen LogP contribution in [0.2, 0.25) is 0 Å². The molecule has 10 atom stereocenters. The molecular formula is C21H27FN10O12P2. The minimum Gasteiger partial charge on any atom is -0.394 e. The zero-order valence-corrected chi connectivity index (χ0v) is 25.0. The summed E-state index contributed by atoms with van der Waals surface area (Å²) >= 11 is 0. The molecule has 0 radical (unpaired) electrons. The molecule has 0 saturated carbocycles. The molecule has 2 aliphatic rings. The molecule has 6 rings (SSSR count). The van der Waals surface area contributed by atoms with Crippen molar-refractivity contribution in [3.8, 4) is 0 Å². The predicted octanol–water partition coefficient (Wildman–Crippen LogP) is -2.08. The van der Waals surface area contributed by atoms with Crippen LogP contribution in [0.1, 0.15) is 12.5 Å². The number of ether oxygens (including phenoxy) is 3. The van der Waals surface area contributed by atoms with E-state index in [-0.39, 0.29) is 34.1 Å². The Kier molecular flexibility index (Phi) is 8.91. The van der Waals surface area contributed by atoms with Gasteiger partial charge in [0.2, 0.25) is 14.0 Å². The molecule has 25 heteroatoms. The van der Waals surface area contributed by atoms with Crippen LogP contribution in [0.15, 0.2) is 23.8 Å². The molecule has 2 saturated heterocycles. The molecule has 0 aromatic carbocycles. The van der Waals surface area contributed by atoms with Gasteiger partial charge in [-0.15, -0.1) is 0 Å². The molecule has 0 bridgehead atoms. The number of hydrogen-bond acceptors (Lipinski definition) is 17. The fourth-order valence-electron chi connectivity index (χ4n) is 5.16. The number of imidazole rings is 2. The van der Waals surface area contributed by atoms with Gasteiger partial charge in [0.25, 0.3) is 5.56 Å². The van der Waals surface area contributed by atoms with Crippen molar-refractivity contribution in [3.63, 3.8) is 0 Å². The number of aliphatic hydroxyl groups is 2. The number of aromatic nitrogens is 8. The van der Waals surface area contributed by atoms with Crippen LogP contribution in [0.3, 0.4) is 0 Å². The molecule has 2 fully saturated rings. The van der Waals surface area contributed by atoms with Crippen molar-refractivity contribution in [3.05, 3.63) is 29.3 Å². The van der Waals surface area contributed by atoms with E-state index >= 15 is 4.39 Å². The average Bonchev–Trinajstić information content (AvgIpc) is 3.76. The van der Waals surface area contributed by atoms with E-state index in [2.05, 4.69) is 29.9 Å². The summed E-state index contributed by atoms with van der Waals surface area (Å²) in [5.74, 6) is -0.273. The van der Waals surface area contributed by atoms with Gasteiger partial charge in [-0.1, -0.05) is 0 Å². The lowest BCUT2D eigenvalue weighted by Gasteiger charge is -2.25. The predicted molar refractivity (Wildman–Crippen MR) is 150 cm³/mol. The van der Waals surface area contributed by atoms with Gasteiger partial charge in [-0.05, 0) is 0 Å². The third-order valence-electron chi connectivity index (χ3n) is 7.20. The number of nitrogens with zero attached hydrogens (tertiary/aromatic N) is 7. The lowest BCUT2D eigenvalue weighted by Crippen LogP contribution is -2.36. The number of phosphoric ester groups is 1. The number of anilines is 2. The summed E-state index contributed by atoms with van der Waals surface area (Å²) in [7, 11) is -8.41. The molecule has 4 aromatic rings. The first-order valence-corrected chi connectivity index (χ1v) is 16.3. The van der Waals surface area contributed by atoms with Crippen LogP contribution in [-0.4, -0.2) is 115 Å². The SMILES string of the molecule is Nc1nc2c(ncn2[C@@H]2O[C@H](CO)[C@H](O)[C@@H]2OP(=O)(O)OC[C@H]2O[C@@H](n3cnc4c(N)ncnc43)[C@@H](F)C2OC[PH](=O)O)c(=O)[nH]1. The highest BCUT2D eigenvalue weighted by molar-refractivity contribution is 7.47. The van der Waals surface area contributed by atoms with Crippen LogP contribution in [0.4, 0.5) is 16.2 Å². The molecule has 0 amide bonds. The Morgan fingerprint density at radius 2 is 1.76 bits per heavy atom. The van der Waals surface area contributed by atoms with Gasteiger partial charge >= 0.3 is 7.82 Å². The van der Waals surface area contributed by atoms with Gasteiger partial charge in [-0.2, -0.15) is 4.98 Å². The van der Waals surface area contributed by atoms with E-state index in [4.69, 9.17) is 34.7 Å². The second-order valence-electron chi connectivity index (χ2n) is 10.1. The first-order chi connectivity index (χ1) is 21.9. The van der Waals surface area contributed by atoms with Crippen molar-refractivity contribution in [2.45, 2.75) is 49.1 Å². The van der Waals surface area contributed by atoms with Crippen LogP contribution in [-0.2, 0) is 32.4 Å². The van der Waals surface area contributed by atoms with Crippen LogP contribution in [0, 0.1) is 0 Å². The fraction of sp³-hybridized carbons (Fsp3) is 0.524. The number of nitrogens with two attached hydrogens (primary N) is 2. The highest BCUT2D eigenvalue weighted by Crippen LogP contribution is 2.50. The number of fused-ring (bicyclic) bond motifs is 2. The molecule has 0 spiro atoms. The molecule has 6 heterocycles. The molecule has 4 aromatic heterocycles. The van der Waals surface area contributed by atoms with Crippen LogP contribution in [0.25, 0.3) is 22.3 Å². The number of H-pyrrole nitrogens is 1. The van der Waals surface area contributed by atoms with Gasteiger partial charge < -0.3 is 45.7 Å². The summed E-state index contributed by atoms with van der Waals surface area (Å²) in [6, 6.07) is 0. The first-order valence-electron chi connectivity index (χ1n) is 13.3. The fourth-order valence-corrected chi connectivity index (χ4v) is 6.43. The first kappa shape index (κ1) is 32.5. The lowest BCUT2D eigenvalue weighted by molar-refractivity contribution is -0.0647. The Balaban J connectivity index is 1.22. The Labute approximate surface area is 255 Å². The van der Waals surface area contributed by atoms with Crippen molar-refractivity contribution in [2.24, 2.45) is 0 Å². The molecule has 3 unspecified atom stereocenters. The van der Waals surface area contributed by atoms with Crippen molar-refractivity contribution in [1.82, 2.24) is 39.0 Å². The Hall–Kier alpha value is -3.47. The number of aliphatic hydroxyl groups excluding tert-OH is 2. The third kappa shape index (κ3) is 6.02. The Morgan fingerprint density at radius 3 is 2.48 bits per heavy atom. The zero-order chi connectivity index (χ0) is 32.9. The van der Waals surface area contributed by atoms with E-state index in [1.807, 2.05) is 0 Å². The largest absolute Gasteiger partial charge is 0.472 e. The van der Waals surface area contributed by atoms with E-state index in [1.165, 1.54) is 10.9 Å². The molecule has 0 aliphatic carbocycles. The van der Waals surface area contributed by atoms with Gasteiger partial charge in [0, 0.05) is 0 Å². The van der Waals surface area contributed by atoms with Crippen molar-refractivity contribution in [1.29, 1.82) is 0 Å². The molecule has 22 nitrogen and oxygen atoms in total. The number of hydrogen-bond donors (Lipinski definition) is 7. The molecule has 9 N–H and O–H groups in total. The summed E-state index contributed by atoms with van der Waals surface area (Å²) < 4.78 is 69.6. The number of halogens is 1. The highest BCUT2D eigenvalue weighted by Gasteiger charge is 2.51. The van der Waals surface area contributed by atoms with Gasteiger partial charge in [-0.3, -0.25) is 32.5 Å². The maximum atomic E-state index is 15.7. The van der Waals surface area contributed by atoms with Crippen molar-refractivity contribution in [2.75, 3.05) is 31.0 Å². The van der Waals surface area contributed by atoms with E-state index < -0.39 is 90.1 Å². The number of rotatable bonds is 11. The summed E-state index contributed by atoms with van der Waals surface area (Å²) in [5.41, 5.74) is 10.7. The zero-order valence-electron chi connectivity index (χ0n) is 23.1. The van der Waals surface area contributed by atoms with Crippen LogP contribution in [0.5, 0.6) is 0 Å². The van der Waals surface area contributed by atoms with Gasteiger partial charge in [0.05, 0.1) is 25.9 Å². The number of phosphoric acid groups is 1. The summed E-state index contributed by atoms with van der Waals surface area (Å²) in [6.45, 7) is -1.59. The minimum absolute atomic E-state index is 0.0108. The quantitative estimate of drug-likeness (QED) is 0.0829. The molecular weight excluding hydrogens is 665 g/mol. The van der Waals surface area contributed by atoms with Gasteiger partial charge in [-0.25, -0.2) is 28.9 Å². The summed E-state index contributed by atoms with van der Waals surface area (Å²) in [4.78, 5) is 54.3. The highest BCUT2D eigenvalue weighted by atomic mass is 31.2. The maximum absolute atomic E-state index is 15.7. The number of nitrogens with one attached hydrogen (secondary N) is 1. The monoisotopic (exact) mass is 692 g/mol. The van der Waals surface area contributed by atoms with Gasteiger partial charge in [0.1, 0.15) is 48.7 Å². The van der Waals surface area contributed by atoms with E-state index in [0.717, 1.165) is 17.2 Å². The lowest BCUT2D eigenvalue weighted by atomic mass is 10.1. The number of nitrogen functional groups attached to an aromatic ring is 2. The number of aromatic amines is 1. The Morgan fingerprint density at radius 1 is 1.07 bits per heavy atom. The van der Waals surface area contributed by atoms with E-state index in [9.17, 15) is 33.9 Å². The van der Waals surface area contributed by atoms with Crippen molar-refractivity contribution >= 4 is 49.9 Å². The van der Waals surface area contributed by atoms with E-state index in [1.54, 1.807) is 0 Å².